The van der Waals surface area contributed by atoms with Crippen LogP contribution in [0.4, 0.5) is 33.4 Å². The van der Waals surface area contributed by atoms with Gasteiger partial charge in [-0.05, 0) is 131 Å². The lowest BCUT2D eigenvalue weighted by atomic mass is 9.33. The van der Waals surface area contributed by atoms with Crippen LogP contribution in [0.5, 0.6) is 11.5 Å². The minimum atomic E-state index is -0.00983. The lowest BCUT2D eigenvalue weighted by Gasteiger charge is -2.45. The molecule has 0 fully saturated rings. The SMILES string of the molecule is Cc1cc2c3c(c1)N(c1c(C)cc(C(C)(C)C)cc1C)c1sc4ccccc4c1B3c1cc(C(C)(C)C)ccc1N2c1c(C)cc2c(c1C)OCO2. The number of anilines is 6. The highest BCUT2D eigenvalue weighted by molar-refractivity contribution is 7.26. The third-order valence-electron chi connectivity index (χ3n) is 11.5. The topological polar surface area (TPSA) is 24.9 Å². The summed E-state index contributed by atoms with van der Waals surface area (Å²) in [5.41, 5.74) is 19.1. The summed E-state index contributed by atoms with van der Waals surface area (Å²) in [4.78, 5) is 5.16. The molecular formula is C46H47BN2O2S. The number of hydrogen-bond acceptors (Lipinski definition) is 5. The van der Waals surface area contributed by atoms with Crippen LogP contribution in [-0.2, 0) is 10.8 Å². The molecule has 0 bridgehead atoms. The number of nitrogens with zero attached hydrogens (tertiary/aromatic N) is 2. The van der Waals surface area contributed by atoms with E-state index in [4.69, 9.17) is 9.47 Å². The van der Waals surface area contributed by atoms with Gasteiger partial charge in [0.2, 0.25) is 6.79 Å². The molecule has 9 rings (SSSR count). The second kappa shape index (κ2) is 11.2. The Labute approximate surface area is 313 Å². The van der Waals surface area contributed by atoms with Crippen LogP contribution in [0, 0.1) is 34.6 Å². The van der Waals surface area contributed by atoms with Crippen molar-refractivity contribution in [3.05, 3.63) is 112 Å². The van der Waals surface area contributed by atoms with E-state index >= 15 is 0 Å². The summed E-state index contributed by atoms with van der Waals surface area (Å²) in [5, 5.41) is 2.66. The van der Waals surface area contributed by atoms with E-state index < -0.39 is 0 Å². The van der Waals surface area contributed by atoms with E-state index in [0.29, 0.717) is 0 Å². The molecule has 4 nitrogen and oxygen atoms in total. The van der Waals surface area contributed by atoms with Crippen LogP contribution in [-0.4, -0.2) is 13.5 Å². The Morgan fingerprint density at radius 1 is 0.635 bits per heavy atom. The van der Waals surface area contributed by atoms with Crippen molar-refractivity contribution in [2.45, 2.75) is 87.0 Å². The first-order chi connectivity index (χ1) is 24.6. The number of rotatable bonds is 2. The smallest absolute Gasteiger partial charge is 0.254 e. The van der Waals surface area contributed by atoms with E-state index in [1.54, 1.807) is 0 Å². The quantitative estimate of drug-likeness (QED) is 0.168. The number of benzene rings is 5. The molecule has 6 heteroatoms. The lowest BCUT2D eigenvalue weighted by molar-refractivity contribution is 0.173. The fourth-order valence-electron chi connectivity index (χ4n) is 8.98. The summed E-state index contributed by atoms with van der Waals surface area (Å²) in [6, 6.07) is 28.1. The minimum absolute atomic E-state index is 0.00983. The van der Waals surface area contributed by atoms with Crippen molar-refractivity contribution >= 4 is 78.0 Å². The van der Waals surface area contributed by atoms with Gasteiger partial charge < -0.3 is 19.3 Å². The molecule has 0 atom stereocenters. The molecule has 262 valence electrons. The Bertz CT molecular complexity index is 2480. The van der Waals surface area contributed by atoms with Crippen molar-refractivity contribution in [2.24, 2.45) is 0 Å². The fourth-order valence-corrected chi connectivity index (χ4v) is 10.2. The Morgan fingerprint density at radius 2 is 1.29 bits per heavy atom. The van der Waals surface area contributed by atoms with Crippen molar-refractivity contribution in [1.29, 1.82) is 0 Å². The van der Waals surface area contributed by atoms with E-state index in [1.165, 1.54) is 87.6 Å². The van der Waals surface area contributed by atoms with Crippen molar-refractivity contribution < 1.29 is 9.47 Å². The molecule has 52 heavy (non-hydrogen) atoms. The average Bonchev–Trinajstić information content (AvgIpc) is 3.70. The predicted octanol–water partition coefficient (Wildman–Crippen LogP) is 10.8. The molecule has 5 aromatic carbocycles. The Kier molecular flexibility index (Phi) is 7.12. The third kappa shape index (κ3) is 4.72. The first-order valence-corrected chi connectivity index (χ1v) is 19.4. The van der Waals surface area contributed by atoms with Crippen LogP contribution in [0.2, 0.25) is 0 Å². The molecule has 0 saturated heterocycles. The van der Waals surface area contributed by atoms with Gasteiger partial charge >= 0.3 is 0 Å². The highest BCUT2D eigenvalue weighted by Gasteiger charge is 2.46. The van der Waals surface area contributed by atoms with Gasteiger partial charge in [0.1, 0.15) is 0 Å². The summed E-state index contributed by atoms with van der Waals surface area (Å²) in [5.74, 6) is 1.67. The number of hydrogen-bond donors (Lipinski definition) is 0. The van der Waals surface area contributed by atoms with Crippen LogP contribution >= 0.6 is 11.3 Å². The van der Waals surface area contributed by atoms with Crippen molar-refractivity contribution in [3.8, 4) is 11.5 Å². The molecule has 0 aliphatic carbocycles. The zero-order chi connectivity index (χ0) is 36.6. The Hall–Kier alpha value is -4.68. The van der Waals surface area contributed by atoms with Gasteiger partial charge in [0.05, 0.1) is 16.4 Å². The summed E-state index contributed by atoms with van der Waals surface area (Å²) < 4.78 is 13.4. The van der Waals surface area contributed by atoms with Gasteiger partial charge in [-0.2, -0.15) is 0 Å². The molecular weight excluding hydrogens is 655 g/mol. The van der Waals surface area contributed by atoms with E-state index in [-0.39, 0.29) is 24.3 Å². The van der Waals surface area contributed by atoms with Gasteiger partial charge in [0.15, 0.2) is 11.5 Å². The highest BCUT2D eigenvalue weighted by atomic mass is 32.1. The Morgan fingerprint density at radius 3 is 1.98 bits per heavy atom. The van der Waals surface area contributed by atoms with E-state index in [0.717, 1.165) is 22.7 Å². The second-order valence-corrected chi connectivity index (χ2v) is 18.3. The molecule has 6 aromatic rings. The third-order valence-corrected chi connectivity index (χ3v) is 12.6. The van der Waals surface area contributed by atoms with E-state index in [1.807, 2.05) is 11.3 Å². The monoisotopic (exact) mass is 702 g/mol. The molecule has 1 aromatic heterocycles. The maximum absolute atomic E-state index is 6.12. The second-order valence-electron chi connectivity index (χ2n) is 17.3. The van der Waals surface area contributed by atoms with Crippen LogP contribution in [0.15, 0.2) is 72.8 Å². The molecule has 4 heterocycles. The molecule has 0 unspecified atom stereocenters. The molecule has 3 aliphatic rings. The predicted molar refractivity (Wildman–Crippen MR) is 223 cm³/mol. The molecule has 0 N–H and O–H groups in total. The summed E-state index contributed by atoms with van der Waals surface area (Å²) in [6.07, 6.45) is 0. The first-order valence-electron chi connectivity index (χ1n) is 18.6. The van der Waals surface area contributed by atoms with Crippen molar-refractivity contribution in [3.63, 3.8) is 0 Å². The van der Waals surface area contributed by atoms with Crippen LogP contribution in [0.3, 0.4) is 0 Å². The fraction of sp³-hybridized carbons (Fsp3) is 0.304. The maximum atomic E-state index is 6.12. The highest BCUT2D eigenvalue weighted by Crippen LogP contribution is 2.52. The molecule has 3 aliphatic heterocycles. The van der Waals surface area contributed by atoms with E-state index in [9.17, 15) is 0 Å². The van der Waals surface area contributed by atoms with E-state index in [2.05, 4.69) is 159 Å². The molecule has 0 spiro atoms. The van der Waals surface area contributed by atoms with Gasteiger partial charge in [0.25, 0.3) is 6.71 Å². The first kappa shape index (κ1) is 33.2. The van der Waals surface area contributed by atoms with Gasteiger partial charge in [0, 0.05) is 27.3 Å². The maximum Gasteiger partial charge on any atom is 0.254 e. The van der Waals surface area contributed by atoms with Gasteiger partial charge in [-0.1, -0.05) is 84.0 Å². The number of fused-ring (bicyclic) bond motifs is 7. The zero-order valence-electron chi connectivity index (χ0n) is 32.3. The number of thiophene rings is 1. The largest absolute Gasteiger partial charge is 0.454 e. The summed E-state index contributed by atoms with van der Waals surface area (Å²) in [6.45, 7) is 25.5. The van der Waals surface area contributed by atoms with Crippen LogP contribution in [0.1, 0.15) is 80.5 Å². The number of aryl methyl sites for hydroxylation is 4. The van der Waals surface area contributed by atoms with Crippen molar-refractivity contribution in [2.75, 3.05) is 16.6 Å². The molecule has 0 saturated carbocycles. The normalized spacial score (nSPS) is 14.6. The van der Waals surface area contributed by atoms with Gasteiger partial charge in [-0.15, -0.1) is 11.3 Å². The average molecular weight is 703 g/mol. The summed E-state index contributed by atoms with van der Waals surface area (Å²) >= 11 is 1.93. The van der Waals surface area contributed by atoms with Crippen LogP contribution < -0.4 is 35.7 Å². The van der Waals surface area contributed by atoms with Crippen LogP contribution in [0.25, 0.3) is 10.1 Å². The van der Waals surface area contributed by atoms with Gasteiger partial charge in [-0.25, -0.2) is 0 Å². The number of ether oxygens (including phenoxy) is 2. The summed E-state index contributed by atoms with van der Waals surface area (Å²) in [7, 11) is 0. The van der Waals surface area contributed by atoms with Crippen molar-refractivity contribution in [1.82, 2.24) is 0 Å². The standard InChI is InChI=1S/C46H47BN2O2S/c1-25-18-35-40-36(19-25)49(41-26(2)20-31(21-27(41)3)46(9,10)11)44-39(32-14-12-13-15-38(32)52-44)47(40)33-23-30(45(6,7)8)16-17-34(33)48(35)42-28(4)22-37-43(29(42)5)51-24-50-37/h12-23H,24H2,1-11H3. The minimum Gasteiger partial charge on any atom is -0.454 e. The molecule has 0 radical (unpaired) electrons. The lowest BCUT2D eigenvalue weighted by Crippen LogP contribution is -2.61. The zero-order valence-corrected chi connectivity index (χ0v) is 33.1. The Balaban J connectivity index is 1.43. The molecule has 0 amide bonds. The van der Waals surface area contributed by atoms with Gasteiger partial charge in [-0.3, -0.25) is 0 Å².